The van der Waals surface area contributed by atoms with E-state index in [0.29, 0.717) is 5.56 Å². The normalized spacial score (nSPS) is 18.0. The number of aryl methyl sites for hydroxylation is 1. The molecule has 2 aromatic rings. The lowest BCUT2D eigenvalue weighted by atomic mass is 10.0. The van der Waals surface area contributed by atoms with Gasteiger partial charge in [-0.15, -0.1) is 0 Å². The summed E-state index contributed by atoms with van der Waals surface area (Å²) < 4.78 is 0. The number of hydrogen-bond donors (Lipinski definition) is 1. The zero-order valence-electron chi connectivity index (χ0n) is 12.0. The highest BCUT2D eigenvalue weighted by Gasteiger charge is 2.31. The van der Waals surface area contributed by atoms with Crippen LogP contribution in [0.25, 0.3) is 0 Å². The Morgan fingerprint density at radius 1 is 1.19 bits per heavy atom. The highest BCUT2D eigenvalue weighted by Crippen LogP contribution is 2.33. The monoisotopic (exact) mass is 282 g/mol. The maximum atomic E-state index is 12.7. The lowest BCUT2D eigenvalue weighted by Gasteiger charge is -2.26. The molecule has 1 aromatic carbocycles. The minimum Gasteiger partial charge on any atom is -0.332 e. The van der Waals surface area contributed by atoms with Crippen LogP contribution in [-0.2, 0) is 0 Å². The lowest BCUT2D eigenvalue weighted by molar-refractivity contribution is 0.0735. The number of hydrogen-bond acceptors (Lipinski definition) is 2. The van der Waals surface area contributed by atoms with Crippen molar-refractivity contribution in [2.24, 2.45) is 0 Å². The number of H-pyrrole nitrogens is 1. The molecule has 0 radical (unpaired) electrons. The van der Waals surface area contributed by atoms with Crippen LogP contribution in [0, 0.1) is 6.92 Å². The maximum Gasteiger partial charge on any atom is 0.254 e. The van der Waals surface area contributed by atoms with Crippen LogP contribution in [0.2, 0.25) is 0 Å². The van der Waals surface area contributed by atoms with Crippen LogP contribution in [0.15, 0.2) is 47.3 Å². The first-order valence-corrected chi connectivity index (χ1v) is 7.22. The standard InChI is InChI=1S/C17H18N2O2/c1-12-14(9-10-16(20)18-12)15-8-5-11-19(15)17(21)13-6-3-2-4-7-13/h2-4,6-7,9-10,15H,5,8,11H2,1H3,(H,18,20)/t15-/m0/s1. The number of benzene rings is 1. The molecule has 0 unspecified atom stereocenters. The van der Waals surface area contributed by atoms with E-state index < -0.39 is 0 Å². The molecule has 1 atom stereocenters. The van der Waals surface area contributed by atoms with Crippen molar-refractivity contribution in [3.8, 4) is 0 Å². The van der Waals surface area contributed by atoms with Crippen molar-refractivity contribution in [1.82, 2.24) is 9.88 Å². The molecule has 1 amide bonds. The minimum atomic E-state index is -0.102. The molecule has 1 aliphatic heterocycles. The number of pyridine rings is 1. The second-order valence-electron chi connectivity index (χ2n) is 5.43. The maximum absolute atomic E-state index is 12.7. The van der Waals surface area contributed by atoms with Gasteiger partial charge in [0.2, 0.25) is 5.56 Å². The molecule has 0 spiro atoms. The van der Waals surface area contributed by atoms with Gasteiger partial charge in [0.15, 0.2) is 0 Å². The van der Waals surface area contributed by atoms with E-state index in [2.05, 4.69) is 4.98 Å². The predicted octanol–water partition coefficient (Wildman–Crippen LogP) is 2.66. The third-order valence-electron chi connectivity index (χ3n) is 4.05. The van der Waals surface area contributed by atoms with Crippen LogP contribution in [0.4, 0.5) is 0 Å². The number of nitrogens with one attached hydrogen (secondary N) is 1. The van der Waals surface area contributed by atoms with E-state index >= 15 is 0 Å². The van der Waals surface area contributed by atoms with E-state index in [4.69, 9.17) is 0 Å². The SMILES string of the molecule is Cc1[nH]c(=O)ccc1[C@@H]1CCCN1C(=O)c1ccccc1. The van der Waals surface area contributed by atoms with Crippen LogP contribution >= 0.6 is 0 Å². The topological polar surface area (TPSA) is 53.2 Å². The van der Waals surface area contributed by atoms with Gasteiger partial charge >= 0.3 is 0 Å². The zero-order chi connectivity index (χ0) is 14.8. The largest absolute Gasteiger partial charge is 0.332 e. The molecule has 108 valence electrons. The average molecular weight is 282 g/mol. The Hall–Kier alpha value is -2.36. The van der Waals surface area contributed by atoms with Gasteiger partial charge in [0.25, 0.3) is 5.91 Å². The van der Waals surface area contributed by atoms with Crippen molar-refractivity contribution in [3.63, 3.8) is 0 Å². The quantitative estimate of drug-likeness (QED) is 0.920. The molecule has 1 aromatic heterocycles. The van der Waals surface area contributed by atoms with Crippen LogP contribution in [-0.4, -0.2) is 22.3 Å². The molecule has 4 nitrogen and oxygen atoms in total. The van der Waals surface area contributed by atoms with Gasteiger partial charge in [-0.3, -0.25) is 9.59 Å². The molecule has 0 saturated carbocycles. The van der Waals surface area contributed by atoms with Crippen molar-refractivity contribution < 1.29 is 4.79 Å². The highest BCUT2D eigenvalue weighted by atomic mass is 16.2. The van der Waals surface area contributed by atoms with Gasteiger partial charge in [-0.2, -0.15) is 0 Å². The van der Waals surface area contributed by atoms with E-state index in [9.17, 15) is 9.59 Å². The van der Waals surface area contributed by atoms with Gasteiger partial charge < -0.3 is 9.88 Å². The van der Waals surface area contributed by atoms with Gasteiger partial charge in [0.1, 0.15) is 0 Å². The van der Waals surface area contributed by atoms with Gasteiger partial charge in [-0.1, -0.05) is 18.2 Å². The molecular weight excluding hydrogens is 264 g/mol. The number of nitrogens with zero attached hydrogens (tertiary/aromatic N) is 1. The van der Waals surface area contributed by atoms with Crippen molar-refractivity contribution in [3.05, 3.63) is 69.6 Å². The number of rotatable bonds is 2. The number of amides is 1. The first-order valence-electron chi connectivity index (χ1n) is 7.22. The number of aromatic nitrogens is 1. The smallest absolute Gasteiger partial charge is 0.254 e. The molecule has 3 rings (SSSR count). The highest BCUT2D eigenvalue weighted by molar-refractivity contribution is 5.94. The van der Waals surface area contributed by atoms with Crippen LogP contribution in [0.1, 0.15) is 40.5 Å². The van der Waals surface area contributed by atoms with Crippen LogP contribution in [0.3, 0.4) is 0 Å². The zero-order valence-corrected chi connectivity index (χ0v) is 12.0. The summed E-state index contributed by atoms with van der Waals surface area (Å²) in [6, 6.07) is 12.8. The molecule has 4 heteroatoms. The van der Waals surface area contributed by atoms with Crippen molar-refractivity contribution in [2.75, 3.05) is 6.54 Å². The Balaban J connectivity index is 1.92. The van der Waals surface area contributed by atoms with Crippen molar-refractivity contribution >= 4 is 5.91 Å². The van der Waals surface area contributed by atoms with Crippen LogP contribution in [0.5, 0.6) is 0 Å². The fourth-order valence-electron chi connectivity index (χ4n) is 3.03. The number of aromatic amines is 1. The van der Waals surface area contributed by atoms with E-state index in [-0.39, 0.29) is 17.5 Å². The predicted molar refractivity (Wildman–Crippen MR) is 81.3 cm³/mol. The van der Waals surface area contributed by atoms with E-state index in [1.165, 1.54) is 6.07 Å². The van der Waals surface area contributed by atoms with Gasteiger partial charge in [0.05, 0.1) is 6.04 Å². The Kier molecular flexibility index (Phi) is 3.60. The first-order chi connectivity index (χ1) is 10.2. The van der Waals surface area contributed by atoms with E-state index in [1.54, 1.807) is 0 Å². The van der Waals surface area contributed by atoms with Crippen LogP contribution < -0.4 is 5.56 Å². The molecule has 21 heavy (non-hydrogen) atoms. The summed E-state index contributed by atoms with van der Waals surface area (Å²) in [5.74, 6) is 0.0590. The first kappa shape index (κ1) is 13.6. The molecule has 1 saturated heterocycles. The summed E-state index contributed by atoms with van der Waals surface area (Å²) in [7, 11) is 0. The molecule has 0 bridgehead atoms. The Morgan fingerprint density at radius 3 is 2.67 bits per heavy atom. The van der Waals surface area contributed by atoms with Gasteiger partial charge in [-0.05, 0) is 43.5 Å². The molecule has 2 heterocycles. The lowest BCUT2D eigenvalue weighted by Crippen LogP contribution is -2.31. The number of carbonyl (C=O) groups excluding carboxylic acids is 1. The second kappa shape index (κ2) is 5.56. The van der Waals surface area contributed by atoms with Crippen molar-refractivity contribution in [1.29, 1.82) is 0 Å². The summed E-state index contributed by atoms with van der Waals surface area (Å²) in [6.45, 7) is 2.65. The summed E-state index contributed by atoms with van der Waals surface area (Å²) in [4.78, 5) is 28.8. The van der Waals surface area contributed by atoms with Gasteiger partial charge in [-0.25, -0.2) is 0 Å². The molecule has 0 aliphatic carbocycles. The molecule has 1 fully saturated rings. The fraction of sp³-hybridized carbons (Fsp3) is 0.294. The second-order valence-corrected chi connectivity index (χ2v) is 5.43. The molecular formula is C17H18N2O2. The Morgan fingerprint density at radius 2 is 1.95 bits per heavy atom. The third kappa shape index (κ3) is 2.61. The Bertz CT molecular complexity index is 706. The Labute approximate surface area is 123 Å². The van der Waals surface area contributed by atoms with E-state index in [1.807, 2.05) is 48.2 Å². The van der Waals surface area contributed by atoms with E-state index in [0.717, 1.165) is 30.6 Å². The summed E-state index contributed by atoms with van der Waals surface area (Å²) in [5, 5.41) is 0. The molecule has 1 aliphatic rings. The summed E-state index contributed by atoms with van der Waals surface area (Å²) in [6.07, 6.45) is 1.92. The summed E-state index contributed by atoms with van der Waals surface area (Å²) >= 11 is 0. The van der Waals surface area contributed by atoms with Gasteiger partial charge in [0, 0.05) is 23.9 Å². The third-order valence-corrected chi connectivity index (χ3v) is 4.05. The average Bonchev–Trinajstić information content (AvgIpc) is 2.96. The number of carbonyl (C=O) groups is 1. The van der Waals surface area contributed by atoms with Crippen molar-refractivity contribution in [2.45, 2.75) is 25.8 Å². The molecule has 1 N–H and O–H groups in total. The summed E-state index contributed by atoms with van der Waals surface area (Å²) in [5.41, 5.74) is 2.50. The number of likely N-dealkylation sites (tertiary alicyclic amines) is 1. The fourth-order valence-corrected chi connectivity index (χ4v) is 3.03. The minimum absolute atomic E-state index is 0.0505.